The Bertz CT molecular complexity index is 1140. The van der Waals surface area contributed by atoms with E-state index in [9.17, 15) is 0 Å². The molecule has 3 nitrogen and oxygen atoms in total. The minimum absolute atomic E-state index is 0.0153. The summed E-state index contributed by atoms with van der Waals surface area (Å²) in [4.78, 5) is 9.41. The first-order valence-electron chi connectivity index (χ1n) is 9.44. The molecule has 0 aliphatic carbocycles. The van der Waals surface area contributed by atoms with Crippen LogP contribution in [0.2, 0.25) is 0 Å². The van der Waals surface area contributed by atoms with E-state index in [-0.39, 0.29) is 10.8 Å². The third-order valence-electron chi connectivity index (χ3n) is 5.03. The van der Waals surface area contributed by atoms with Crippen LogP contribution in [0.15, 0.2) is 53.1 Å². The molecule has 4 rings (SSSR count). The van der Waals surface area contributed by atoms with Crippen molar-refractivity contribution in [2.75, 3.05) is 0 Å². The van der Waals surface area contributed by atoms with Crippen LogP contribution < -0.4 is 0 Å². The quantitative estimate of drug-likeness (QED) is 0.383. The van der Waals surface area contributed by atoms with Crippen LogP contribution >= 0.6 is 0 Å². The molecular formula is C24H26N2O. The van der Waals surface area contributed by atoms with Crippen molar-refractivity contribution in [2.45, 2.75) is 52.4 Å². The van der Waals surface area contributed by atoms with Gasteiger partial charge in [-0.2, -0.15) is 0 Å². The highest BCUT2D eigenvalue weighted by Gasteiger charge is 2.20. The van der Waals surface area contributed by atoms with Crippen molar-refractivity contribution < 1.29 is 4.42 Å². The number of benzene rings is 1. The van der Waals surface area contributed by atoms with Crippen molar-refractivity contribution in [3.8, 4) is 11.3 Å². The Labute approximate surface area is 160 Å². The number of hydrogen-bond acceptors (Lipinski definition) is 3. The summed E-state index contributed by atoms with van der Waals surface area (Å²) in [5, 5.41) is 2.13. The second-order valence-corrected chi connectivity index (χ2v) is 9.26. The standard InChI is InChI=1S/C24H26N2O/c1-23(2,3)15-12-13-25-19(14-15)18-9-7-8-16-17-10-11-20(24(4,5)6)26-22(17)27-21(16)18/h7-14H,1-6H3. The summed E-state index contributed by atoms with van der Waals surface area (Å²) in [5.74, 6) is 0. The highest BCUT2D eigenvalue weighted by Crippen LogP contribution is 2.36. The summed E-state index contributed by atoms with van der Waals surface area (Å²) in [6.07, 6.45) is 1.88. The van der Waals surface area contributed by atoms with Gasteiger partial charge in [0.2, 0.25) is 5.71 Å². The maximum Gasteiger partial charge on any atom is 0.227 e. The van der Waals surface area contributed by atoms with Crippen LogP contribution in [-0.4, -0.2) is 9.97 Å². The lowest BCUT2D eigenvalue weighted by atomic mass is 9.87. The fourth-order valence-corrected chi connectivity index (χ4v) is 3.34. The van der Waals surface area contributed by atoms with Crippen LogP contribution in [0.1, 0.15) is 52.8 Å². The summed E-state index contributed by atoms with van der Waals surface area (Å²) in [5.41, 5.74) is 5.83. The minimum atomic E-state index is -0.0153. The molecule has 0 spiro atoms. The van der Waals surface area contributed by atoms with Crippen LogP contribution in [0.3, 0.4) is 0 Å². The van der Waals surface area contributed by atoms with Gasteiger partial charge in [0.25, 0.3) is 0 Å². The van der Waals surface area contributed by atoms with Gasteiger partial charge in [0.1, 0.15) is 5.58 Å². The predicted molar refractivity (Wildman–Crippen MR) is 112 cm³/mol. The summed E-state index contributed by atoms with van der Waals surface area (Å²) in [6.45, 7) is 13.1. The number of pyridine rings is 2. The second-order valence-electron chi connectivity index (χ2n) is 9.26. The van der Waals surface area contributed by atoms with E-state index in [4.69, 9.17) is 9.40 Å². The van der Waals surface area contributed by atoms with Crippen molar-refractivity contribution in [3.05, 3.63) is 59.9 Å². The average Bonchev–Trinajstić information content (AvgIpc) is 2.98. The third-order valence-corrected chi connectivity index (χ3v) is 5.03. The van der Waals surface area contributed by atoms with Crippen LogP contribution in [0.25, 0.3) is 33.3 Å². The molecule has 0 fully saturated rings. The van der Waals surface area contributed by atoms with E-state index in [0.717, 1.165) is 33.3 Å². The maximum atomic E-state index is 6.25. The van der Waals surface area contributed by atoms with Gasteiger partial charge in [0.15, 0.2) is 0 Å². The summed E-state index contributed by atoms with van der Waals surface area (Å²) >= 11 is 0. The molecule has 3 aromatic heterocycles. The molecule has 0 saturated heterocycles. The molecule has 0 amide bonds. The number of nitrogens with zero attached hydrogens (tertiary/aromatic N) is 2. The molecule has 0 saturated carbocycles. The predicted octanol–water partition coefficient (Wildman–Crippen LogP) is 6.64. The van der Waals surface area contributed by atoms with Gasteiger partial charge in [0, 0.05) is 33.6 Å². The van der Waals surface area contributed by atoms with Crippen molar-refractivity contribution in [1.82, 2.24) is 9.97 Å². The van der Waals surface area contributed by atoms with Crippen molar-refractivity contribution in [1.29, 1.82) is 0 Å². The maximum absolute atomic E-state index is 6.25. The van der Waals surface area contributed by atoms with Gasteiger partial charge in [-0.1, -0.05) is 53.7 Å². The molecular weight excluding hydrogens is 332 g/mol. The lowest BCUT2D eigenvalue weighted by Gasteiger charge is -2.19. The second kappa shape index (κ2) is 5.91. The Hall–Kier alpha value is -2.68. The Balaban J connectivity index is 1.95. The molecule has 0 aliphatic heterocycles. The lowest BCUT2D eigenvalue weighted by molar-refractivity contribution is 0.562. The Morgan fingerprint density at radius 2 is 1.59 bits per heavy atom. The van der Waals surface area contributed by atoms with E-state index in [1.54, 1.807) is 0 Å². The van der Waals surface area contributed by atoms with Gasteiger partial charge < -0.3 is 4.42 Å². The summed E-state index contributed by atoms with van der Waals surface area (Å²) in [7, 11) is 0. The fourth-order valence-electron chi connectivity index (χ4n) is 3.34. The van der Waals surface area contributed by atoms with E-state index in [2.05, 4.69) is 89.0 Å². The molecule has 3 heteroatoms. The molecule has 1 aromatic carbocycles. The topological polar surface area (TPSA) is 38.9 Å². The van der Waals surface area contributed by atoms with Gasteiger partial charge in [-0.3, -0.25) is 4.98 Å². The van der Waals surface area contributed by atoms with Crippen LogP contribution in [0, 0.1) is 0 Å². The number of furan rings is 1. The van der Waals surface area contributed by atoms with E-state index < -0.39 is 0 Å². The van der Waals surface area contributed by atoms with Crippen LogP contribution in [0.5, 0.6) is 0 Å². The number of rotatable bonds is 1. The first-order valence-corrected chi connectivity index (χ1v) is 9.44. The van der Waals surface area contributed by atoms with Crippen molar-refractivity contribution in [3.63, 3.8) is 0 Å². The molecule has 0 radical (unpaired) electrons. The third kappa shape index (κ3) is 3.12. The number of hydrogen-bond donors (Lipinski definition) is 0. The van der Waals surface area contributed by atoms with Crippen molar-refractivity contribution in [2.24, 2.45) is 0 Å². The lowest BCUT2D eigenvalue weighted by Crippen LogP contribution is -2.12. The van der Waals surface area contributed by atoms with Gasteiger partial charge in [-0.15, -0.1) is 0 Å². The molecule has 3 heterocycles. The highest BCUT2D eigenvalue weighted by atomic mass is 16.3. The largest absolute Gasteiger partial charge is 0.437 e. The minimum Gasteiger partial charge on any atom is -0.437 e. The zero-order valence-corrected chi connectivity index (χ0v) is 16.9. The molecule has 0 bridgehead atoms. The molecule has 0 unspecified atom stereocenters. The number of fused-ring (bicyclic) bond motifs is 3. The normalized spacial score (nSPS) is 12.8. The Morgan fingerprint density at radius 3 is 2.30 bits per heavy atom. The number of aromatic nitrogens is 2. The zero-order chi connectivity index (χ0) is 19.4. The van der Waals surface area contributed by atoms with Crippen molar-refractivity contribution >= 4 is 22.1 Å². The first-order chi connectivity index (χ1) is 12.6. The first kappa shape index (κ1) is 17.7. The molecule has 27 heavy (non-hydrogen) atoms. The molecule has 0 N–H and O–H groups in total. The Morgan fingerprint density at radius 1 is 0.815 bits per heavy atom. The molecule has 0 atom stereocenters. The van der Waals surface area contributed by atoms with Gasteiger partial charge >= 0.3 is 0 Å². The molecule has 4 aromatic rings. The highest BCUT2D eigenvalue weighted by molar-refractivity contribution is 6.08. The van der Waals surface area contributed by atoms with E-state index >= 15 is 0 Å². The summed E-state index contributed by atoms with van der Waals surface area (Å²) in [6, 6.07) is 14.7. The van der Waals surface area contributed by atoms with Crippen LogP contribution in [0.4, 0.5) is 0 Å². The van der Waals surface area contributed by atoms with Gasteiger partial charge in [0.05, 0.1) is 5.69 Å². The smallest absolute Gasteiger partial charge is 0.227 e. The SMILES string of the molecule is CC(C)(C)c1ccnc(-c2cccc3c2oc2nc(C(C)(C)C)ccc23)c1. The monoisotopic (exact) mass is 358 g/mol. The number of para-hydroxylation sites is 1. The van der Waals surface area contributed by atoms with Gasteiger partial charge in [-0.25, -0.2) is 4.98 Å². The summed E-state index contributed by atoms with van der Waals surface area (Å²) < 4.78 is 6.25. The van der Waals surface area contributed by atoms with Gasteiger partial charge in [-0.05, 0) is 41.3 Å². The Kier molecular flexibility index (Phi) is 3.88. The zero-order valence-electron chi connectivity index (χ0n) is 16.9. The van der Waals surface area contributed by atoms with E-state index in [1.807, 2.05) is 6.20 Å². The molecule has 0 aliphatic rings. The van der Waals surface area contributed by atoms with Crippen LogP contribution in [-0.2, 0) is 10.8 Å². The average molecular weight is 358 g/mol. The van der Waals surface area contributed by atoms with E-state index in [1.165, 1.54) is 5.56 Å². The molecule has 138 valence electrons. The fraction of sp³-hybridized carbons (Fsp3) is 0.333. The van der Waals surface area contributed by atoms with E-state index in [0.29, 0.717) is 5.71 Å².